The number of benzene rings is 2. The molecule has 5 heteroatoms. The molecule has 1 aliphatic heterocycles. The van der Waals surface area contributed by atoms with E-state index in [4.69, 9.17) is 9.47 Å². The number of hydrogen-bond acceptors (Lipinski definition) is 3. The first-order chi connectivity index (χ1) is 11.6. The zero-order valence-corrected chi connectivity index (χ0v) is 15.1. The number of hydrogen-bond donors (Lipinski definition) is 0. The molecule has 0 radical (unpaired) electrons. The van der Waals surface area contributed by atoms with E-state index < -0.39 is 0 Å². The Bertz CT molecular complexity index is 675. The second-order valence-corrected chi connectivity index (χ2v) is 6.73. The van der Waals surface area contributed by atoms with E-state index >= 15 is 0 Å². The van der Waals surface area contributed by atoms with Crippen LogP contribution in [0.2, 0.25) is 0 Å². The third-order valence-electron chi connectivity index (χ3n) is 4.20. The lowest BCUT2D eigenvalue weighted by Crippen LogP contribution is -2.48. The smallest absolute Gasteiger partial charge is 0.410 e. The summed E-state index contributed by atoms with van der Waals surface area (Å²) in [6.07, 6.45) is -0.437. The summed E-state index contributed by atoms with van der Waals surface area (Å²) in [4.78, 5) is 14.2. The van der Waals surface area contributed by atoms with E-state index in [1.165, 1.54) is 0 Å². The molecule has 1 fully saturated rings. The second kappa shape index (κ2) is 7.81. The maximum atomic E-state index is 12.5. The van der Waals surface area contributed by atoms with Gasteiger partial charge in [0.05, 0.1) is 12.6 Å². The Morgan fingerprint density at radius 3 is 2.62 bits per heavy atom. The van der Waals surface area contributed by atoms with Crippen LogP contribution >= 0.6 is 15.9 Å². The van der Waals surface area contributed by atoms with E-state index in [0.717, 1.165) is 15.6 Å². The van der Waals surface area contributed by atoms with Crippen molar-refractivity contribution in [2.75, 3.05) is 13.2 Å². The summed E-state index contributed by atoms with van der Waals surface area (Å²) in [5, 5.41) is 0. The quantitative estimate of drug-likeness (QED) is 0.772. The summed E-state index contributed by atoms with van der Waals surface area (Å²) in [5.74, 6) is 0. The van der Waals surface area contributed by atoms with Crippen LogP contribution in [0.1, 0.15) is 24.2 Å². The predicted molar refractivity (Wildman–Crippen MR) is 95.6 cm³/mol. The summed E-state index contributed by atoms with van der Waals surface area (Å²) in [5.41, 5.74) is 2.04. The minimum Gasteiger partial charge on any atom is -0.445 e. The van der Waals surface area contributed by atoms with E-state index in [2.05, 4.69) is 15.9 Å². The summed E-state index contributed by atoms with van der Waals surface area (Å²) >= 11 is 3.44. The van der Waals surface area contributed by atoms with Crippen LogP contribution in [0.25, 0.3) is 0 Å². The molecule has 1 saturated heterocycles. The molecule has 24 heavy (non-hydrogen) atoms. The van der Waals surface area contributed by atoms with Crippen LogP contribution < -0.4 is 0 Å². The number of carbonyl (C=O) groups excluding carboxylic acids is 1. The van der Waals surface area contributed by atoms with Gasteiger partial charge >= 0.3 is 6.09 Å². The first-order valence-corrected chi connectivity index (χ1v) is 8.79. The first-order valence-electron chi connectivity index (χ1n) is 7.99. The fourth-order valence-electron chi connectivity index (χ4n) is 2.87. The molecule has 4 nitrogen and oxygen atoms in total. The maximum absolute atomic E-state index is 12.5. The van der Waals surface area contributed by atoms with Gasteiger partial charge in [0.25, 0.3) is 0 Å². The van der Waals surface area contributed by atoms with Gasteiger partial charge in [-0.3, -0.25) is 0 Å². The standard InChI is InChI=1S/C19H20BrNO3/c1-14-18(16-7-9-17(20)10-8-16)23-12-11-21(14)19(22)24-13-15-5-3-2-4-6-15/h2-10,14,18H,11-13H2,1H3/t14-,18-/m0/s1. The number of halogens is 1. The first kappa shape index (κ1) is 17.0. The molecule has 1 heterocycles. The molecule has 1 aliphatic rings. The molecule has 0 N–H and O–H groups in total. The van der Waals surface area contributed by atoms with Crippen molar-refractivity contribution in [3.8, 4) is 0 Å². The lowest BCUT2D eigenvalue weighted by molar-refractivity contribution is -0.0625. The van der Waals surface area contributed by atoms with Crippen LogP contribution in [-0.4, -0.2) is 30.2 Å². The van der Waals surface area contributed by atoms with Crippen LogP contribution in [0, 0.1) is 0 Å². The molecule has 2 atom stereocenters. The average molecular weight is 390 g/mol. The highest BCUT2D eigenvalue weighted by atomic mass is 79.9. The molecule has 0 spiro atoms. The van der Waals surface area contributed by atoms with Crippen LogP contribution in [0.5, 0.6) is 0 Å². The van der Waals surface area contributed by atoms with Gasteiger partial charge in [-0.1, -0.05) is 58.4 Å². The predicted octanol–water partition coefficient (Wildman–Crippen LogP) is 4.55. The highest BCUT2D eigenvalue weighted by Gasteiger charge is 2.33. The van der Waals surface area contributed by atoms with Gasteiger partial charge in [-0.2, -0.15) is 0 Å². The topological polar surface area (TPSA) is 38.8 Å². The number of morpholine rings is 1. The Kier molecular flexibility index (Phi) is 5.53. The molecule has 1 amide bonds. The third kappa shape index (κ3) is 3.97. The summed E-state index contributed by atoms with van der Waals surface area (Å²) in [7, 11) is 0. The van der Waals surface area contributed by atoms with Crippen molar-refractivity contribution in [3.05, 3.63) is 70.2 Å². The Labute approximate surface area is 150 Å². The molecule has 0 bridgehead atoms. The Morgan fingerprint density at radius 2 is 1.92 bits per heavy atom. The van der Waals surface area contributed by atoms with Crippen molar-refractivity contribution < 1.29 is 14.3 Å². The molecule has 3 rings (SSSR count). The van der Waals surface area contributed by atoms with Crippen molar-refractivity contribution >= 4 is 22.0 Å². The number of carbonyl (C=O) groups is 1. The molecule has 2 aromatic rings. The van der Waals surface area contributed by atoms with Crippen LogP contribution in [0.4, 0.5) is 4.79 Å². The van der Waals surface area contributed by atoms with Gasteiger partial charge in [-0.05, 0) is 30.2 Å². The van der Waals surface area contributed by atoms with Crippen LogP contribution in [-0.2, 0) is 16.1 Å². The fourth-order valence-corrected chi connectivity index (χ4v) is 3.14. The highest BCUT2D eigenvalue weighted by molar-refractivity contribution is 9.10. The Morgan fingerprint density at radius 1 is 1.21 bits per heavy atom. The van der Waals surface area contributed by atoms with Gasteiger partial charge in [0.2, 0.25) is 0 Å². The molecule has 0 saturated carbocycles. The van der Waals surface area contributed by atoms with Crippen molar-refractivity contribution in [1.29, 1.82) is 0 Å². The largest absolute Gasteiger partial charge is 0.445 e. The third-order valence-corrected chi connectivity index (χ3v) is 4.73. The maximum Gasteiger partial charge on any atom is 0.410 e. The van der Waals surface area contributed by atoms with Gasteiger partial charge < -0.3 is 14.4 Å². The van der Waals surface area contributed by atoms with E-state index in [9.17, 15) is 4.79 Å². The lowest BCUT2D eigenvalue weighted by Gasteiger charge is -2.38. The highest BCUT2D eigenvalue weighted by Crippen LogP contribution is 2.29. The van der Waals surface area contributed by atoms with Gasteiger partial charge in [0, 0.05) is 11.0 Å². The zero-order chi connectivity index (χ0) is 16.9. The summed E-state index contributed by atoms with van der Waals surface area (Å²) in [6, 6.07) is 17.6. The number of ether oxygens (including phenoxy) is 2. The normalized spacial score (nSPS) is 20.7. The van der Waals surface area contributed by atoms with E-state index in [1.54, 1.807) is 4.90 Å². The van der Waals surface area contributed by atoms with E-state index in [-0.39, 0.29) is 24.8 Å². The minimum absolute atomic E-state index is 0.0804. The monoisotopic (exact) mass is 389 g/mol. The number of amides is 1. The number of nitrogens with zero attached hydrogens (tertiary/aromatic N) is 1. The van der Waals surface area contributed by atoms with Crippen LogP contribution in [0.15, 0.2) is 59.1 Å². The Hall–Kier alpha value is -1.85. The van der Waals surface area contributed by atoms with Crippen molar-refractivity contribution in [1.82, 2.24) is 4.90 Å². The summed E-state index contributed by atoms with van der Waals surface area (Å²) in [6.45, 7) is 3.33. The van der Waals surface area contributed by atoms with Gasteiger partial charge in [0.1, 0.15) is 12.7 Å². The lowest BCUT2D eigenvalue weighted by atomic mass is 10.0. The van der Waals surface area contributed by atoms with Crippen molar-refractivity contribution in [2.24, 2.45) is 0 Å². The van der Waals surface area contributed by atoms with E-state index in [1.807, 2.05) is 61.5 Å². The van der Waals surface area contributed by atoms with Crippen molar-refractivity contribution in [3.63, 3.8) is 0 Å². The SMILES string of the molecule is C[C@H]1[C@@H](c2ccc(Br)cc2)OCCN1C(=O)OCc1ccccc1. The van der Waals surface area contributed by atoms with Crippen LogP contribution in [0.3, 0.4) is 0 Å². The summed E-state index contributed by atoms with van der Waals surface area (Å²) < 4.78 is 12.4. The van der Waals surface area contributed by atoms with Gasteiger partial charge in [-0.15, -0.1) is 0 Å². The fraction of sp³-hybridized carbons (Fsp3) is 0.316. The molecule has 2 aromatic carbocycles. The zero-order valence-electron chi connectivity index (χ0n) is 13.5. The number of rotatable bonds is 3. The second-order valence-electron chi connectivity index (χ2n) is 5.82. The average Bonchev–Trinajstić information content (AvgIpc) is 2.62. The van der Waals surface area contributed by atoms with Crippen molar-refractivity contribution in [2.45, 2.75) is 25.7 Å². The minimum atomic E-state index is -0.295. The molecule has 0 aliphatic carbocycles. The Balaban J connectivity index is 1.64. The molecule has 0 unspecified atom stereocenters. The van der Waals surface area contributed by atoms with Gasteiger partial charge in [0.15, 0.2) is 0 Å². The van der Waals surface area contributed by atoms with Gasteiger partial charge in [-0.25, -0.2) is 4.79 Å². The van der Waals surface area contributed by atoms with E-state index in [0.29, 0.717) is 13.2 Å². The molecular formula is C19H20BrNO3. The molecule has 126 valence electrons. The molecular weight excluding hydrogens is 370 g/mol. The molecule has 0 aromatic heterocycles.